The molecule has 0 atom stereocenters. The Morgan fingerprint density at radius 3 is 2.44 bits per heavy atom. The van der Waals surface area contributed by atoms with E-state index in [1.807, 2.05) is 38.1 Å². The van der Waals surface area contributed by atoms with Gasteiger partial charge in [0.05, 0.1) is 14.2 Å². The molecule has 4 rings (SSSR count). The molecule has 4 nitrogen and oxygen atoms in total. The van der Waals surface area contributed by atoms with Gasteiger partial charge < -0.3 is 19.0 Å². The SMILES string of the molecule is COc1ccc2ccc3c4cc(O)c(OC)c(CC=C(C)C)c4oc3c2c1. The minimum Gasteiger partial charge on any atom is -0.504 e. The van der Waals surface area contributed by atoms with Crippen LogP contribution in [-0.4, -0.2) is 19.3 Å². The smallest absolute Gasteiger partial charge is 0.167 e. The number of ether oxygens (including phenoxy) is 2. The number of methoxy groups -OCH3 is 2. The Balaban J connectivity index is 2.11. The molecule has 0 aliphatic heterocycles. The van der Waals surface area contributed by atoms with E-state index >= 15 is 0 Å². The lowest BCUT2D eigenvalue weighted by Gasteiger charge is -2.09. The minimum absolute atomic E-state index is 0.121. The van der Waals surface area contributed by atoms with Crippen LogP contribution >= 0.6 is 0 Å². The summed E-state index contributed by atoms with van der Waals surface area (Å²) in [5.74, 6) is 1.36. The Kier molecular flexibility index (Phi) is 4.19. The molecule has 0 aliphatic rings. The zero-order valence-corrected chi connectivity index (χ0v) is 15.9. The molecule has 0 saturated carbocycles. The number of aromatic hydroxyl groups is 1. The maximum absolute atomic E-state index is 10.5. The number of fused-ring (bicyclic) bond motifs is 5. The molecule has 0 spiro atoms. The lowest BCUT2D eigenvalue weighted by molar-refractivity contribution is 0.370. The average molecular weight is 362 g/mol. The van der Waals surface area contributed by atoms with Crippen LogP contribution in [0.15, 0.2) is 52.5 Å². The molecule has 138 valence electrons. The fourth-order valence-corrected chi connectivity index (χ4v) is 3.55. The van der Waals surface area contributed by atoms with Crippen molar-refractivity contribution in [3.8, 4) is 17.2 Å². The van der Waals surface area contributed by atoms with Crippen molar-refractivity contribution in [2.75, 3.05) is 14.2 Å². The third-order valence-corrected chi connectivity index (χ3v) is 4.90. The summed E-state index contributed by atoms with van der Waals surface area (Å²) in [5.41, 5.74) is 3.57. The number of phenols is 1. The van der Waals surface area contributed by atoms with Crippen LogP contribution in [0.2, 0.25) is 0 Å². The van der Waals surface area contributed by atoms with Gasteiger partial charge in [0, 0.05) is 21.7 Å². The predicted octanol–water partition coefficient (Wildman–Crippen LogP) is 5.97. The topological polar surface area (TPSA) is 51.8 Å². The molecule has 0 fully saturated rings. The van der Waals surface area contributed by atoms with Gasteiger partial charge in [-0.15, -0.1) is 0 Å². The van der Waals surface area contributed by atoms with Crippen molar-refractivity contribution in [3.05, 3.63) is 53.6 Å². The van der Waals surface area contributed by atoms with Crippen LogP contribution < -0.4 is 9.47 Å². The van der Waals surface area contributed by atoms with Gasteiger partial charge >= 0.3 is 0 Å². The summed E-state index contributed by atoms with van der Waals surface area (Å²) in [7, 11) is 3.22. The third kappa shape index (κ3) is 2.78. The van der Waals surface area contributed by atoms with E-state index in [4.69, 9.17) is 13.9 Å². The van der Waals surface area contributed by atoms with Crippen molar-refractivity contribution < 1.29 is 19.0 Å². The standard InChI is InChI=1S/C23H22O4/c1-13(2)5-9-17-22-19(12-20(24)23(17)26-4)16-10-7-14-6-8-15(25-3)11-18(14)21(16)27-22/h5-8,10-12,24H,9H2,1-4H3. The van der Waals surface area contributed by atoms with Crippen molar-refractivity contribution >= 4 is 32.7 Å². The summed E-state index contributed by atoms with van der Waals surface area (Å²) < 4.78 is 17.2. The number of hydrogen-bond donors (Lipinski definition) is 1. The first kappa shape index (κ1) is 17.3. The fraction of sp³-hybridized carbons (Fsp3) is 0.217. The van der Waals surface area contributed by atoms with Crippen LogP contribution in [-0.2, 0) is 6.42 Å². The van der Waals surface area contributed by atoms with Crippen LogP contribution in [0.25, 0.3) is 32.7 Å². The number of allylic oxidation sites excluding steroid dienone is 2. The maximum Gasteiger partial charge on any atom is 0.167 e. The monoisotopic (exact) mass is 362 g/mol. The first-order valence-corrected chi connectivity index (χ1v) is 8.88. The van der Waals surface area contributed by atoms with E-state index in [0.717, 1.165) is 44.0 Å². The summed E-state index contributed by atoms with van der Waals surface area (Å²) in [5, 5.41) is 14.4. The van der Waals surface area contributed by atoms with Gasteiger partial charge in [-0.2, -0.15) is 0 Å². The predicted molar refractivity (Wildman–Crippen MR) is 109 cm³/mol. The van der Waals surface area contributed by atoms with Gasteiger partial charge in [-0.1, -0.05) is 23.8 Å². The van der Waals surface area contributed by atoms with E-state index in [2.05, 4.69) is 12.1 Å². The molecule has 0 saturated heterocycles. The van der Waals surface area contributed by atoms with Gasteiger partial charge in [0.15, 0.2) is 11.5 Å². The Bertz CT molecular complexity index is 1190. The molecule has 4 aromatic rings. The van der Waals surface area contributed by atoms with Gasteiger partial charge in [-0.3, -0.25) is 0 Å². The van der Waals surface area contributed by atoms with Gasteiger partial charge in [-0.05, 0) is 49.9 Å². The molecule has 0 radical (unpaired) electrons. The van der Waals surface area contributed by atoms with Crippen LogP contribution in [0.3, 0.4) is 0 Å². The molecular formula is C23H22O4. The fourth-order valence-electron chi connectivity index (χ4n) is 3.55. The molecule has 1 N–H and O–H groups in total. The zero-order chi connectivity index (χ0) is 19.1. The van der Waals surface area contributed by atoms with Crippen molar-refractivity contribution in [1.29, 1.82) is 0 Å². The van der Waals surface area contributed by atoms with Gasteiger partial charge in [0.1, 0.15) is 16.9 Å². The quantitative estimate of drug-likeness (QED) is 0.454. The second kappa shape index (κ2) is 6.54. The summed E-state index contributed by atoms with van der Waals surface area (Å²) in [6, 6.07) is 11.7. The number of hydrogen-bond acceptors (Lipinski definition) is 4. The van der Waals surface area contributed by atoms with Crippen molar-refractivity contribution in [1.82, 2.24) is 0 Å². The lowest BCUT2D eigenvalue weighted by atomic mass is 10.0. The molecule has 0 aliphatic carbocycles. The number of benzene rings is 3. The van der Waals surface area contributed by atoms with Crippen LogP contribution in [0.4, 0.5) is 0 Å². The summed E-state index contributed by atoms with van der Waals surface area (Å²) >= 11 is 0. The molecule has 0 amide bonds. The Hall–Kier alpha value is -3.14. The van der Waals surface area contributed by atoms with Crippen molar-refractivity contribution in [2.45, 2.75) is 20.3 Å². The Morgan fingerprint density at radius 2 is 1.74 bits per heavy atom. The average Bonchev–Trinajstić information content (AvgIpc) is 3.03. The maximum atomic E-state index is 10.5. The van der Waals surface area contributed by atoms with Crippen LogP contribution in [0.1, 0.15) is 19.4 Å². The molecule has 0 unspecified atom stereocenters. The molecule has 1 heterocycles. The van der Waals surface area contributed by atoms with Gasteiger partial charge in [0.25, 0.3) is 0 Å². The van der Waals surface area contributed by atoms with E-state index in [-0.39, 0.29) is 5.75 Å². The van der Waals surface area contributed by atoms with Crippen molar-refractivity contribution in [2.24, 2.45) is 0 Å². The van der Waals surface area contributed by atoms with Gasteiger partial charge in [-0.25, -0.2) is 0 Å². The van der Waals surface area contributed by atoms with E-state index in [0.29, 0.717) is 12.2 Å². The van der Waals surface area contributed by atoms with E-state index < -0.39 is 0 Å². The summed E-state index contributed by atoms with van der Waals surface area (Å²) in [4.78, 5) is 0. The normalized spacial score (nSPS) is 11.3. The third-order valence-electron chi connectivity index (χ3n) is 4.90. The molecule has 1 aromatic heterocycles. The molecule has 3 aromatic carbocycles. The highest BCUT2D eigenvalue weighted by molar-refractivity contribution is 6.16. The molecule has 0 bridgehead atoms. The van der Waals surface area contributed by atoms with E-state index in [9.17, 15) is 5.11 Å². The van der Waals surface area contributed by atoms with Gasteiger partial charge in [0.2, 0.25) is 0 Å². The number of rotatable bonds is 4. The highest BCUT2D eigenvalue weighted by Gasteiger charge is 2.20. The molecular weight excluding hydrogens is 340 g/mol. The first-order valence-electron chi connectivity index (χ1n) is 8.88. The highest BCUT2D eigenvalue weighted by Crippen LogP contribution is 2.43. The summed E-state index contributed by atoms with van der Waals surface area (Å²) in [6.45, 7) is 4.09. The second-order valence-corrected chi connectivity index (χ2v) is 6.90. The Labute approximate surface area is 157 Å². The largest absolute Gasteiger partial charge is 0.504 e. The lowest BCUT2D eigenvalue weighted by Crippen LogP contribution is -1.93. The van der Waals surface area contributed by atoms with E-state index in [1.165, 1.54) is 5.57 Å². The second-order valence-electron chi connectivity index (χ2n) is 6.90. The van der Waals surface area contributed by atoms with Crippen molar-refractivity contribution in [3.63, 3.8) is 0 Å². The van der Waals surface area contributed by atoms with E-state index in [1.54, 1.807) is 20.3 Å². The molecule has 4 heteroatoms. The number of furan rings is 1. The minimum atomic E-state index is 0.121. The summed E-state index contributed by atoms with van der Waals surface area (Å²) in [6.07, 6.45) is 2.72. The highest BCUT2D eigenvalue weighted by atomic mass is 16.5. The Morgan fingerprint density at radius 1 is 0.963 bits per heavy atom. The zero-order valence-electron chi connectivity index (χ0n) is 15.9. The first-order chi connectivity index (χ1) is 13.0. The van der Waals surface area contributed by atoms with Crippen LogP contribution in [0, 0.1) is 0 Å². The van der Waals surface area contributed by atoms with Crippen LogP contribution in [0.5, 0.6) is 17.2 Å². The number of phenolic OH excluding ortho intramolecular Hbond substituents is 1. The molecule has 27 heavy (non-hydrogen) atoms.